The number of hydrogen-bond donors (Lipinski definition) is 1. The molecule has 0 heterocycles. The summed E-state index contributed by atoms with van der Waals surface area (Å²) >= 11 is 12.6. The molecule has 0 aliphatic heterocycles. The highest BCUT2D eigenvalue weighted by Crippen LogP contribution is 2.27. The Morgan fingerprint density at radius 3 is 2.13 bits per heavy atom. The highest BCUT2D eigenvalue weighted by molar-refractivity contribution is 6.36. The Hall–Kier alpha value is -2.24. The molecule has 0 unspecified atom stereocenters. The number of ether oxygens (including phenoxy) is 1. The Morgan fingerprint density at radius 2 is 1.65 bits per heavy atom. The highest BCUT2D eigenvalue weighted by Gasteiger charge is 2.29. The smallest absolute Gasteiger partial charge is 0.261 e. The van der Waals surface area contributed by atoms with E-state index in [1.165, 1.54) is 10.5 Å². The topological polar surface area (TPSA) is 58.6 Å². The number of hydrogen-bond acceptors (Lipinski definition) is 3. The summed E-state index contributed by atoms with van der Waals surface area (Å²) in [7, 11) is 1.55. The number of rotatable bonds is 8. The second-order valence-electron chi connectivity index (χ2n) is 8.32. The minimum absolute atomic E-state index is 0.0290. The van der Waals surface area contributed by atoms with E-state index in [1.54, 1.807) is 25.2 Å². The van der Waals surface area contributed by atoms with Crippen molar-refractivity contribution in [2.24, 2.45) is 0 Å². The molecule has 0 saturated heterocycles. The lowest BCUT2D eigenvalue weighted by Crippen LogP contribution is -2.49. The van der Waals surface area contributed by atoms with Gasteiger partial charge >= 0.3 is 0 Å². The summed E-state index contributed by atoms with van der Waals surface area (Å²) in [5.41, 5.74) is 1.80. The van der Waals surface area contributed by atoms with Crippen molar-refractivity contribution < 1.29 is 14.3 Å². The molecule has 0 aromatic heterocycles. The molecular weight excluding hydrogens is 435 g/mol. The van der Waals surface area contributed by atoms with Crippen molar-refractivity contribution in [2.45, 2.75) is 52.1 Å². The van der Waals surface area contributed by atoms with E-state index in [1.807, 2.05) is 31.2 Å². The van der Waals surface area contributed by atoms with Crippen LogP contribution in [-0.4, -0.2) is 36.4 Å². The van der Waals surface area contributed by atoms with E-state index in [4.69, 9.17) is 27.9 Å². The predicted octanol–water partition coefficient (Wildman–Crippen LogP) is 5.22. The maximum Gasteiger partial charge on any atom is 0.261 e. The van der Waals surface area contributed by atoms with Gasteiger partial charge in [-0.1, -0.05) is 69.1 Å². The number of carbonyl (C=O) groups is 2. The van der Waals surface area contributed by atoms with Crippen LogP contribution in [0, 0.1) is 0 Å². The van der Waals surface area contributed by atoms with Crippen LogP contribution in [0.3, 0.4) is 0 Å². The normalized spacial score (nSPS) is 12.2. The van der Waals surface area contributed by atoms with Gasteiger partial charge in [0.1, 0.15) is 11.8 Å². The van der Waals surface area contributed by atoms with Crippen LogP contribution in [0.2, 0.25) is 10.0 Å². The number of amides is 2. The van der Waals surface area contributed by atoms with E-state index in [0.29, 0.717) is 27.8 Å². The van der Waals surface area contributed by atoms with Gasteiger partial charge in [0, 0.05) is 29.2 Å². The Labute approximate surface area is 194 Å². The molecule has 0 aliphatic carbocycles. The fourth-order valence-corrected chi connectivity index (χ4v) is 3.74. The summed E-state index contributed by atoms with van der Waals surface area (Å²) in [6, 6.07) is 12.1. The van der Waals surface area contributed by atoms with E-state index in [-0.39, 0.29) is 30.4 Å². The Balaban J connectivity index is 2.22. The van der Waals surface area contributed by atoms with Crippen molar-refractivity contribution in [1.29, 1.82) is 0 Å². The molecule has 0 radical (unpaired) electrons. The zero-order chi connectivity index (χ0) is 23.2. The van der Waals surface area contributed by atoms with Crippen LogP contribution in [0.1, 0.15) is 45.2 Å². The summed E-state index contributed by atoms with van der Waals surface area (Å²) in [5, 5.41) is 3.50. The number of halogens is 2. The summed E-state index contributed by atoms with van der Waals surface area (Å²) in [6.07, 6.45) is 0.438. The van der Waals surface area contributed by atoms with Gasteiger partial charge < -0.3 is 15.0 Å². The van der Waals surface area contributed by atoms with E-state index in [2.05, 4.69) is 26.1 Å². The molecule has 168 valence electrons. The molecule has 7 heteroatoms. The van der Waals surface area contributed by atoms with Gasteiger partial charge in [0.25, 0.3) is 5.91 Å². The van der Waals surface area contributed by atoms with E-state index in [9.17, 15) is 9.59 Å². The van der Waals surface area contributed by atoms with Crippen molar-refractivity contribution in [3.8, 4) is 5.75 Å². The molecular formula is C24H30Cl2N2O3. The fourth-order valence-electron chi connectivity index (χ4n) is 3.22. The van der Waals surface area contributed by atoms with Crippen LogP contribution in [0.25, 0.3) is 0 Å². The summed E-state index contributed by atoms with van der Waals surface area (Å²) in [5.74, 6) is 0.00459. The number of benzene rings is 2. The lowest BCUT2D eigenvalue weighted by molar-refractivity contribution is -0.142. The van der Waals surface area contributed by atoms with Gasteiger partial charge in [-0.3, -0.25) is 9.59 Å². The molecule has 0 saturated carbocycles. The molecule has 31 heavy (non-hydrogen) atoms. The third-order valence-corrected chi connectivity index (χ3v) is 5.81. The predicted molar refractivity (Wildman–Crippen MR) is 126 cm³/mol. The maximum atomic E-state index is 13.1. The molecule has 2 rings (SSSR count). The van der Waals surface area contributed by atoms with Crippen molar-refractivity contribution in [3.05, 3.63) is 63.6 Å². The number of carbonyl (C=O) groups excluding carboxylic acids is 2. The monoisotopic (exact) mass is 464 g/mol. The van der Waals surface area contributed by atoms with E-state index >= 15 is 0 Å². The highest BCUT2D eigenvalue weighted by atomic mass is 35.5. The third kappa shape index (κ3) is 6.62. The SMILES string of the molecule is CC[C@@H](C(=O)NC)N(Cc1c(Cl)cccc1Cl)C(=O)COc1ccc(C(C)(C)C)cc1. The standard InChI is InChI=1S/C24H30Cl2N2O3/c1-6-21(23(30)27-5)28(14-18-19(25)8-7-9-20(18)26)22(29)15-31-17-12-10-16(11-13-17)24(2,3)4/h7-13,21H,6,14-15H2,1-5H3,(H,27,30)/t21-/m0/s1. The molecule has 2 aromatic rings. The van der Waals surface area contributed by atoms with Crippen LogP contribution in [0.4, 0.5) is 0 Å². The first-order valence-electron chi connectivity index (χ1n) is 10.3. The molecule has 0 fully saturated rings. The minimum Gasteiger partial charge on any atom is -0.484 e. The number of nitrogens with one attached hydrogen (secondary N) is 1. The fraction of sp³-hybridized carbons (Fsp3) is 0.417. The second-order valence-corrected chi connectivity index (χ2v) is 9.14. The number of likely N-dealkylation sites (N-methyl/N-ethyl adjacent to an activating group) is 1. The number of nitrogens with zero attached hydrogens (tertiary/aromatic N) is 1. The molecule has 1 atom stereocenters. The molecule has 0 bridgehead atoms. The van der Waals surface area contributed by atoms with Crippen LogP contribution in [0.15, 0.2) is 42.5 Å². The average molecular weight is 465 g/mol. The van der Waals surface area contributed by atoms with Gasteiger partial charge in [-0.2, -0.15) is 0 Å². The van der Waals surface area contributed by atoms with Gasteiger partial charge in [-0.15, -0.1) is 0 Å². The molecule has 5 nitrogen and oxygen atoms in total. The van der Waals surface area contributed by atoms with Crippen LogP contribution < -0.4 is 10.1 Å². The summed E-state index contributed by atoms with van der Waals surface area (Å²) < 4.78 is 5.73. The lowest BCUT2D eigenvalue weighted by atomic mass is 9.87. The molecule has 0 spiro atoms. The van der Waals surface area contributed by atoms with Crippen molar-refractivity contribution >= 4 is 35.0 Å². The van der Waals surface area contributed by atoms with Crippen LogP contribution in [0.5, 0.6) is 5.75 Å². The van der Waals surface area contributed by atoms with E-state index < -0.39 is 6.04 Å². The van der Waals surface area contributed by atoms with Crippen LogP contribution >= 0.6 is 23.2 Å². The van der Waals surface area contributed by atoms with Gasteiger partial charge in [0.15, 0.2) is 6.61 Å². The van der Waals surface area contributed by atoms with Gasteiger partial charge in [0.2, 0.25) is 5.91 Å². The van der Waals surface area contributed by atoms with Crippen LogP contribution in [-0.2, 0) is 21.5 Å². The summed E-state index contributed by atoms with van der Waals surface area (Å²) in [4.78, 5) is 27.0. The molecule has 2 aromatic carbocycles. The molecule has 2 amide bonds. The maximum absolute atomic E-state index is 13.1. The second kappa shape index (κ2) is 10.9. The van der Waals surface area contributed by atoms with Gasteiger partial charge in [-0.25, -0.2) is 0 Å². The average Bonchev–Trinajstić information content (AvgIpc) is 2.73. The van der Waals surface area contributed by atoms with Crippen molar-refractivity contribution in [1.82, 2.24) is 10.2 Å². The Morgan fingerprint density at radius 1 is 1.06 bits per heavy atom. The lowest BCUT2D eigenvalue weighted by Gasteiger charge is -2.30. The minimum atomic E-state index is -0.670. The Bertz CT molecular complexity index is 888. The zero-order valence-electron chi connectivity index (χ0n) is 18.7. The quantitative estimate of drug-likeness (QED) is 0.582. The molecule has 1 N–H and O–H groups in total. The zero-order valence-corrected chi connectivity index (χ0v) is 20.2. The van der Waals surface area contributed by atoms with E-state index in [0.717, 1.165) is 0 Å². The van der Waals surface area contributed by atoms with Gasteiger partial charge in [-0.05, 0) is 41.7 Å². The first-order valence-corrected chi connectivity index (χ1v) is 11.0. The Kier molecular flexibility index (Phi) is 8.78. The van der Waals surface area contributed by atoms with Crippen molar-refractivity contribution in [2.75, 3.05) is 13.7 Å². The van der Waals surface area contributed by atoms with Crippen molar-refractivity contribution in [3.63, 3.8) is 0 Å². The first-order chi connectivity index (χ1) is 14.6. The first kappa shape index (κ1) is 25.0. The summed E-state index contributed by atoms with van der Waals surface area (Å²) in [6.45, 7) is 8.15. The molecule has 0 aliphatic rings. The third-order valence-electron chi connectivity index (χ3n) is 5.11. The van der Waals surface area contributed by atoms with Gasteiger partial charge in [0.05, 0.1) is 0 Å². The largest absolute Gasteiger partial charge is 0.484 e.